The van der Waals surface area contributed by atoms with Crippen molar-refractivity contribution in [2.24, 2.45) is 0 Å². The number of amides is 1. The van der Waals surface area contributed by atoms with Crippen LogP contribution in [-0.4, -0.2) is 33.4 Å². The summed E-state index contributed by atoms with van der Waals surface area (Å²) in [6.45, 7) is 1.27. The second kappa shape index (κ2) is 4.09. The minimum absolute atomic E-state index is 0.0807. The number of nitrogens with zero attached hydrogens (tertiary/aromatic N) is 3. The van der Waals surface area contributed by atoms with E-state index < -0.39 is 0 Å². The third kappa shape index (κ3) is 1.90. The van der Waals surface area contributed by atoms with Gasteiger partial charge in [-0.25, -0.2) is 0 Å². The van der Waals surface area contributed by atoms with Crippen LogP contribution in [0.3, 0.4) is 0 Å². The molecule has 1 aromatic carbocycles. The second-order valence-electron chi connectivity index (χ2n) is 3.29. The molecule has 0 aliphatic rings. The van der Waals surface area contributed by atoms with Crippen LogP contribution in [0.25, 0.3) is 11.0 Å². The minimum atomic E-state index is -0.316. The first-order valence-corrected chi connectivity index (χ1v) is 4.76. The fourth-order valence-corrected chi connectivity index (χ4v) is 1.33. The van der Waals surface area contributed by atoms with E-state index in [0.29, 0.717) is 11.0 Å². The molecule has 6 heteroatoms. The number of carbonyl (C=O) groups excluding carboxylic acids is 2. The SMILES string of the molecule is CC(=O)NCC(=O)n1nnc2ccccc21. The number of carbonyl (C=O) groups is 2. The Hall–Kier alpha value is -2.24. The van der Waals surface area contributed by atoms with Crippen LogP contribution in [0.15, 0.2) is 24.3 Å². The maximum absolute atomic E-state index is 11.7. The Morgan fingerprint density at radius 1 is 1.38 bits per heavy atom. The molecule has 0 radical (unpaired) electrons. The molecule has 1 N–H and O–H groups in total. The summed E-state index contributed by atoms with van der Waals surface area (Å²) >= 11 is 0. The van der Waals surface area contributed by atoms with Crippen LogP contribution in [0.1, 0.15) is 11.7 Å². The highest BCUT2D eigenvalue weighted by Crippen LogP contribution is 2.08. The van der Waals surface area contributed by atoms with Gasteiger partial charge in [0.25, 0.3) is 5.91 Å². The molecule has 0 saturated heterocycles. The van der Waals surface area contributed by atoms with Crippen molar-refractivity contribution in [3.8, 4) is 0 Å². The molecule has 0 aliphatic carbocycles. The van der Waals surface area contributed by atoms with Gasteiger partial charge < -0.3 is 5.32 Å². The second-order valence-corrected chi connectivity index (χ2v) is 3.29. The first-order chi connectivity index (χ1) is 7.68. The Kier molecular flexibility index (Phi) is 2.63. The Balaban J connectivity index is 2.26. The fraction of sp³-hybridized carbons (Fsp3) is 0.200. The number of para-hydroxylation sites is 1. The Morgan fingerprint density at radius 3 is 2.88 bits per heavy atom. The lowest BCUT2D eigenvalue weighted by Crippen LogP contribution is -2.31. The zero-order chi connectivity index (χ0) is 11.5. The van der Waals surface area contributed by atoms with Gasteiger partial charge in [0, 0.05) is 6.92 Å². The standard InChI is InChI=1S/C10H10N4O2/c1-7(15)11-6-10(16)14-9-5-3-2-4-8(9)12-13-14/h2-5H,6H2,1H3,(H,11,15). The Labute approximate surface area is 91.2 Å². The third-order valence-corrected chi connectivity index (χ3v) is 2.08. The first kappa shape index (κ1) is 10.3. The highest BCUT2D eigenvalue weighted by atomic mass is 16.2. The molecular weight excluding hydrogens is 208 g/mol. The molecule has 1 aromatic heterocycles. The van der Waals surface area contributed by atoms with E-state index in [1.807, 2.05) is 6.07 Å². The number of benzene rings is 1. The van der Waals surface area contributed by atoms with Crippen molar-refractivity contribution in [2.75, 3.05) is 6.54 Å². The molecule has 2 aromatic rings. The minimum Gasteiger partial charge on any atom is -0.347 e. The van der Waals surface area contributed by atoms with Crippen molar-refractivity contribution in [1.82, 2.24) is 20.3 Å². The summed E-state index contributed by atoms with van der Waals surface area (Å²) in [6, 6.07) is 7.14. The van der Waals surface area contributed by atoms with Crippen molar-refractivity contribution >= 4 is 22.8 Å². The smallest absolute Gasteiger partial charge is 0.268 e. The summed E-state index contributed by atoms with van der Waals surface area (Å²) in [4.78, 5) is 22.3. The number of aromatic nitrogens is 3. The normalized spacial score (nSPS) is 10.3. The molecule has 0 unspecified atom stereocenters. The summed E-state index contributed by atoms with van der Waals surface area (Å²) < 4.78 is 1.19. The monoisotopic (exact) mass is 218 g/mol. The van der Waals surface area contributed by atoms with Crippen molar-refractivity contribution in [3.05, 3.63) is 24.3 Å². The van der Waals surface area contributed by atoms with E-state index in [4.69, 9.17) is 0 Å². The van der Waals surface area contributed by atoms with Crippen LogP contribution in [0.4, 0.5) is 0 Å². The average molecular weight is 218 g/mol. The molecule has 1 heterocycles. The van der Waals surface area contributed by atoms with Gasteiger partial charge in [0.1, 0.15) is 5.52 Å². The fourth-order valence-electron chi connectivity index (χ4n) is 1.33. The molecule has 6 nitrogen and oxygen atoms in total. The molecule has 0 fully saturated rings. The maximum Gasteiger partial charge on any atom is 0.268 e. The van der Waals surface area contributed by atoms with Crippen LogP contribution in [0, 0.1) is 0 Å². The summed E-state index contributed by atoms with van der Waals surface area (Å²) in [7, 11) is 0. The van der Waals surface area contributed by atoms with Gasteiger partial charge in [-0.05, 0) is 12.1 Å². The van der Waals surface area contributed by atoms with Gasteiger partial charge in [-0.3, -0.25) is 9.59 Å². The van der Waals surface area contributed by atoms with Gasteiger partial charge in [0.15, 0.2) is 0 Å². The summed E-state index contributed by atoms with van der Waals surface area (Å²) in [6.07, 6.45) is 0. The molecular formula is C10H10N4O2. The van der Waals surface area contributed by atoms with Crippen molar-refractivity contribution < 1.29 is 9.59 Å². The summed E-state index contributed by atoms with van der Waals surface area (Å²) in [5, 5.41) is 10.0. The lowest BCUT2D eigenvalue weighted by Gasteiger charge is -2.01. The van der Waals surface area contributed by atoms with Crippen molar-refractivity contribution in [2.45, 2.75) is 6.92 Å². The van der Waals surface area contributed by atoms with Gasteiger partial charge in [0.2, 0.25) is 5.91 Å². The van der Waals surface area contributed by atoms with Crippen LogP contribution in [0.5, 0.6) is 0 Å². The molecule has 2 rings (SSSR count). The molecule has 82 valence electrons. The van der Waals surface area contributed by atoms with E-state index in [0.717, 1.165) is 0 Å². The predicted octanol–water partition coefficient (Wildman–Crippen LogP) is 0.208. The summed E-state index contributed by atoms with van der Waals surface area (Å²) in [5.74, 6) is -0.568. The highest BCUT2D eigenvalue weighted by Gasteiger charge is 2.11. The topological polar surface area (TPSA) is 76.9 Å². The number of rotatable bonds is 2. The van der Waals surface area contributed by atoms with Gasteiger partial charge in [0.05, 0.1) is 12.1 Å². The number of hydrogen-bond acceptors (Lipinski definition) is 4. The Bertz CT molecular complexity index is 546. The van der Waals surface area contributed by atoms with Gasteiger partial charge in [-0.2, -0.15) is 4.68 Å². The van der Waals surface area contributed by atoms with Crippen molar-refractivity contribution in [1.29, 1.82) is 0 Å². The highest BCUT2D eigenvalue weighted by molar-refractivity contribution is 5.91. The van der Waals surface area contributed by atoms with Crippen LogP contribution >= 0.6 is 0 Å². The zero-order valence-corrected chi connectivity index (χ0v) is 8.67. The lowest BCUT2D eigenvalue weighted by atomic mass is 10.3. The van der Waals surface area contributed by atoms with E-state index in [2.05, 4.69) is 15.6 Å². The zero-order valence-electron chi connectivity index (χ0n) is 8.67. The van der Waals surface area contributed by atoms with Gasteiger partial charge >= 0.3 is 0 Å². The largest absolute Gasteiger partial charge is 0.347 e. The van der Waals surface area contributed by atoms with E-state index >= 15 is 0 Å². The summed E-state index contributed by atoms with van der Waals surface area (Å²) in [5.41, 5.74) is 1.29. The third-order valence-electron chi connectivity index (χ3n) is 2.08. The van der Waals surface area contributed by atoms with Crippen LogP contribution in [0.2, 0.25) is 0 Å². The first-order valence-electron chi connectivity index (χ1n) is 4.76. The molecule has 0 saturated carbocycles. The maximum atomic E-state index is 11.7. The Morgan fingerprint density at radius 2 is 2.12 bits per heavy atom. The van der Waals surface area contributed by atoms with Gasteiger partial charge in [-0.15, -0.1) is 5.10 Å². The molecule has 0 spiro atoms. The molecule has 0 bridgehead atoms. The van der Waals surface area contributed by atoms with Crippen LogP contribution < -0.4 is 5.32 Å². The van der Waals surface area contributed by atoms with E-state index in [-0.39, 0.29) is 18.4 Å². The lowest BCUT2D eigenvalue weighted by molar-refractivity contribution is -0.118. The average Bonchev–Trinajstić information content (AvgIpc) is 2.69. The number of fused-ring (bicyclic) bond motifs is 1. The molecule has 0 aliphatic heterocycles. The van der Waals surface area contributed by atoms with Crippen LogP contribution in [-0.2, 0) is 4.79 Å². The number of nitrogens with one attached hydrogen (secondary N) is 1. The molecule has 16 heavy (non-hydrogen) atoms. The van der Waals surface area contributed by atoms with Gasteiger partial charge in [-0.1, -0.05) is 17.3 Å². The molecule has 1 amide bonds. The quantitative estimate of drug-likeness (QED) is 0.781. The number of hydrogen-bond donors (Lipinski definition) is 1. The van der Waals surface area contributed by atoms with Crippen molar-refractivity contribution in [3.63, 3.8) is 0 Å². The van der Waals surface area contributed by atoms with E-state index in [1.165, 1.54) is 11.6 Å². The predicted molar refractivity (Wildman–Crippen MR) is 56.8 cm³/mol. The van der Waals surface area contributed by atoms with E-state index in [9.17, 15) is 9.59 Å². The van der Waals surface area contributed by atoms with E-state index in [1.54, 1.807) is 18.2 Å². The molecule has 0 atom stereocenters.